The molecule has 0 spiro atoms. The van der Waals surface area contributed by atoms with Crippen LogP contribution >= 0.6 is 0 Å². The number of nitrogens with zero attached hydrogens (tertiary/aromatic N) is 2. The third-order valence-corrected chi connectivity index (χ3v) is 7.92. The molecule has 0 saturated carbocycles. The van der Waals surface area contributed by atoms with Crippen LogP contribution in [0, 0.1) is 5.82 Å². The molecule has 2 aromatic carbocycles. The third-order valence-electron chi connectivity index (χ3n) is 7.92. The normalized spacial score (nSPS) is 18.6. The van der Waals surface area contributed by atoms with Crippen LogP contribution in [0.4, 0.5) is 10.1 Å². The zero-order valence-corrected chi connectivity index (χ0v) is 23.7. The molecule has 0 unspecified atom stereocenters. The van der Waals surface area contributed by atoms with Crippen LogP contribution in [0.1, 0.15) is 63.5 Å². The Kier molecular flexibility index (Phi) is 7.81. The molecule has 3 aliphatic rings. The van der Waals surface area contributed by atoms with Crippen LogP contribution in [0.2, 0.25) is 0 Å². The second kappa shape index (κ2) is 11.3. The van der Waals surface area contributed by atoms with Gasteiger partial charge in [-0.05, 0) is 56.5 Å². The average Bonchev–Trinajstić information content (AvgIpc) is 3.38. The highest BCUT2D eigenvalue weighted by atomic mass is 19.1. The van der Waals surface area contributed by atoms with Crippen molar-refractivity contribution in [1.29, 1.82) is 0 Å². The molecular formula is C32H31FN2O7. The smallest absolute Gasteiger partial charge is 0.333 e. The molecule has 0 atom stereocenters. The highest BCUT2D eigenvalue weighted by molar-refractivity contribution is 6.40. The predicted molar refractivity (Wildman–Crippen MR) is 148 cm³/mol. The lowest BCUT2D eigenvalue weighted by atomic mass is 9.77. The number of carbonyl (C=O) groups is 4. The van der Waals surface area contributed by atoms with E-state index in [0.29, 0.717) is 47.9 Å². The lowest BCUT2D eigenvalue weighted by Crippen LogP contribution is -2.33. The molecule has 10 heteroatoms. The van der Waals surface area contributed by atoms with Crippen LogP contribution in [0.25, 0.3) is 5.57 Å². The summed E-state index contributed by atoms with van der Waals surface area (Å²) in [6.45, 7) is 4.35. The van der Waals surface area contributed by atoms with E-state index in [4.69, 9.17) is 9.57 Å². The van der Waals surface area contributed by atoms with Gasteiger partial charge in [0, 0.05) is 54.5 Å². The Bertz CT molecular complexity index is 1570. The van der Waals surface area contributed by atoms with E-state index < -0.39 is 23.2 Å². The van der Waals surface area contributed by atoms with Crippen molar-refractivity contribution in [3.8, 4) is 5.75 Å². The second-order valence-corrected chi connectivity index (χ2v) is 11.0. The van der Waals surface area contributed by atoms with Crippen molar-refractivity contribution in [2.24, 2.45) is 0 Å². The number of unbranched alkanes of at least 4 members (excludes halogenated alkanes) is 2. The van der Waals surface area contributed by atoms with Gasteiger partial charge in [0.05, 0.1) is 12.5 Å². The van der Waals surface area contributed by atoms with Gasteiger partial charge in [-0.25, -0.2) is 9.18 Å². The summed E-state index contributed by atoms with van der Waals surface area (Å²) in [4.78, 5) is 53.5. The third kappa shape index (κ3) is 5.24. The van der Waals surface area contributed by atoms with Crippen LogP contribution < -0.4 is 9.84 Å². The average molecular weight is 575 g/mol. The van der Waals surface area contributed by atoms with Gasteiger partial charge in [0.15, 0.2) is 11.5 Å². The number of allylic oxidation sites excluding steroid dienone is 3. The van der Waals surface area contributed by atoms with Gasteiger partial charge in [0.2, 0.25) is 5.69 Å². The number of ether oxygens (including phenoxy) is 1. The topological polar surface area (TPSA) is 116 Å². The maximum absolute atomic E-state index is 14.3. The summed E-state index contributed by atoms with van der Waals surface area (Å²) in [6, 6.07) is 11.3. The van der Waals surface area contributed by atoms with Crippen molar-refractivity contribution in [2.45, 2.75) is 57.8 Å². The molecule has 42 heavy (non-hydrogen) atoms. The molecule has 2 aromatic rings. The first-order chi connectivity index (χ1) is 20.0. The van der Waals surface area contributed by atoms with Crippen LogP contribution in [-0.4, -0.2) is 52.6 Å². The summed E-state index contributed by atoms with van der Waals surface area (Å²) in [5.41, 5.74) is 2.29. The molecule has 2 heterocycles. The molecule has 0 radical (unpaired) electrons. The van der Waals surface area contributed by atoms with Gasteiger partial charge in [-0.3, -0.25) is 14.4 Å². The first kappa shape index (κ1) is 28.9. The molecule has 1 saturated heterocycles. The van der Waals surface area contributed by atoms with Gasteiger partial charge in [-0.2, -0.15) is 4.58 Å². The van der Waals surface area contributed by atoms with E-state index in [1.165, 1.54) is 19.2 Å². The molecule has 2 amide bonds. The summed E-state index contributed by atoms with van der Waals surface area (Å²) in [5, 5.41) is 13.7. The molecule has 2 aliphatic heterocycles. The van der Waals surface area contributed by atoms with Gasteiger partial charge >= 0.3 is 5.97 Å². The quantitative estimate of drug-likeness (QED) is 0.184. The molecule has 1 fully saturated rings. The number of hydrogen-bond donors (Lipinski definition) is 0. The predicted octanol–water partition coefficient (Wildman–Crippen LogP) is 3.66. The Labute approximate surface area is 242 Å². The number of hydroxylamine groups is 2. The van der Waals surface area contributed by atoms with E-state index in [1.807, 2.05) is 18.4 Å². The van der Waals surface area contributed by atoms with Gasteiger partial charge < -0.3 is 14.7 Å². The molecule has 5 rings (SSSR count). The van der Waals surface area contributed by atoms with Crippen molar-refractivity contribution >= 4 is 40.5 Å². The minimum absolute atomic E-state index is 0.0384. The number of benzene rings is 2. The Balaban J connectivity index is 1.33. The molecule has 9 nitrogen and oxygen atoms in total. The Hall–Kier alpha value is -4.60. The fourth-order valence-corrected chi connectivity index (χ4v) is 5.57. The lowest BCUT2D eigenvalue weighted by molar-refractivity contribution is -0.438. The number of ketones is 1. The largest absolute Gasteiger partial charge is 0.871 e. The van der Waals surface area contributed by atoms with Crippen molar-refractivity contribution in [2.75, 3.05) is 13.7 Å². The fourth-order valence-electron chi connectivity index (χ4n) is 5.57. The summed E-state index contributed by atoms with van der Waals surface area (Å²) in [5.74, 6) is -2.14. The number of rotatable bonds is 10. The summed E-state index contributed by atoms with van der Waals surface area (Å²) in [7, 11) is 1.54. The van der Waals surface area contributed by atoms with Gasteiger partial charge in [0.1, 0.15) is 18.1 Å². The molecule has 0 N–H and O–H groups in total. The SMILES string of the molecule is COc1ccc(C2=C([O-])/C(=C/C3=[N+](CCCCCC(=O)ON4C(=O)CCC4=O)c4ccc(F)cc4C3(C)C)C2=O)cc1. The van der Waals surface area contributed by atoms with Crippen LogP contribution in [0.3, 0.4) is 0 Å². The molecule has 218 valence electrons. The van der Waals surface area contributed by atoms with Crippen LogP contribution in [0.15, 0.2) is 59.9 Å². The monoisotopic (exact) mass is 574 g/mol. The van der Waals surface area contributed by atoms with E-state index >= 15 is 0 Å². The van der Waals surface area contributed by atoms with Crippen molar-refractivity contribution in [3.05, 3.63) is 76.8 Å². The highest BCUT2D eigenvalue weighted by Crippen LogP contribution is 2.43. The van der Waals surface area contributed by atoms with Crippen molar-refractivity contribution in [3.63, 3.8) is 0 Å². The van der Waals surface area contributed by atoms with Gasteiger partial charge in [-0.15, -0.1) is 5.06 Å². The summed E-state index contributed by atoms with van der Waals surface area (Å²) >= 11 is 0. The van der Waals surface area contributed by atoms with E-state index in [-0.39, 0.29) is 47.8 Å². The van der Waals surface area contributed by atoms with Crippen LogP contribution in [-0.2, 0) is 29.4 Å². The number of methoxy groups -OCH3 is 1. The number of imide groups is 1. The second-order valence-electron chi connectivity index (χ2n) is 11.0. The lowest BCUT2D eigenvalue weighted by Gasteiger charge is -2.31. The van der Waals surface area contributed by atoms with Crippen molar-refractivity contribution < 1.29 is 42.8 Å². The summed E-state index contributed by atoms with van der Waals surface area (Å²) < 4.78 is 21.4. The minimum atomic E-state index is -0.681. The number of fused-ring (bicyclic) bond motifs is 1. The number of carbonyl (C=O) groups excluding carboxylic acids is 4. The van der Waals surface area contributed by atoms with E-state index in [1.54, 1.807) is 36.4 Å². The Morgan fingerprint density at radius 2 is 1.74 bits per heavy atom. The summed E-state index contributed by atoms with van der Waals surface area (Å²) in [6.07, 6.45) is 3.47. The maximum Gasteiger partial charge on any atom is 0.333 e. The Morgan fingerprint density at radius 1 is 1.05 bits per heavy atom. The number of halogens is 1. The maximum atomic E-state index is 14.3. The zero-order valence-electron chi connectivity index (χ0n) is 23.7. The molecular weight excluding hydrogens is 543 g/mol. The zero-order chi connectivity index (χ0) is 30.2. The first-order valence-electron chi connectivity index (χ1n) is 13.9. The molecule has 1 aliphatic carbocycles. The highest BCUT2D eigenvalue weighted by Gasteiger charge is 2.46. The standard InChI is InChI=1S/C32H31FN2O7/c1-32(2)23-17-20(33)10-13-24(23)34(16-6-4-5-7-28(38)42-35-26(36)14-15-27(35)37)25(32)18-22-30(39)29(31(22)40)19-8-11-21(41-3)12-9-19/h8-13,17-18H,4-7,14-16H2,1-3H3. The number of Topliss-reactive ketones (excluding diaryl/α,β-unsaturated/α-hetero) is 1. The number of amides is 2. The Morgan fingerprint density at radius 3 is 2.38 bits per heavy atom. The van der Waals surface area contributed by atoms with E-state index in [0.717, 1.165) is 11.3 Å². The minimum Gasteiger partial charge on any atom is -0.871 e. The van der Waals surface area contributed by atoms with Gasteiger partial charge in [0.25, 0.3) is 11.8 Å². The van der Waals surface area contributed by atoms with E-state index in [2.05, 4.69) is 0 Å². The van der Waals surface area contributed by atoms with Gasteiger partial charge in [-0.1, -0.05) is 17.9 Å². The van der Waals surface area contributed by atoms with Crippen molar-refractivity contribution in [1.82, 2.24) is 5.06 Å². The fraction of sp³-hybridized carbons (Fsp3) is 0.344. The van der Waals surface area contributed by atoms with Crippen LogP contribution in [0.5, 0.6) is 5.75 Å². The first-order valence-corrected chi connectivity index (χ1v) is 13.9. The molecule has 0 bridgehead atoms. The molecule has 0 aromatic heterocycles. The van der Waals surface area contributed by atoms with E-state index in [9.17, 15) is 28.7 Å². The number of hydrogen-bond acceptors (Lipinski definition) is 7.